The third-order valence-corrected chi connectivity index (χ3v) is 47.5. The minimum absolute atomic E-state index is 0.0263. The SMILES string of the molecule is CN(C)C(=O)Cl.CN(C)C(=O)N1C=CC([Si](C)(C)C)C([C@@H]2CCCN2C)=C1.CN1CCC[C@H]1C1=CN([Si](C)(C)C)C=CC1[Si](C)(C)C.CN1CCC[C@H]1C1=CN([Si](C)(C)C)C=CC1[Si](C)(C)C.CN1CCC[C@H]1C1=CN([Si](C)(C)C)C=CC1[Si](C)(C)C.CN1CCC[C@H]1c1cccnc1.CN1CCC[C@H]1c1cncc(Cc2ccccc2)c1.CN1CCC[C@H]1c1cnccc1[Si](C)(C)C.O=Cc1ccccc1. The maximum atomic E-state index is 12.2. The first-order chi connectivity index (χ1) is 66.3. The fourth-order valence-corrected chi connectivity index (χ4v) is 34.2. The molecule has 786 valence electrons. The van der Waals surface area contributed by atoms with Crippen molar-refractivity contribution in [3.8, 4) is 0 Å². The van der Waals surface area contributed by atoms with Crippen molar-refractivity contribution in [1.29, 1.82) is 0 Å². The molecule has 16 rings (SSSR count). The Morgan fingerprint density at radius 1 is 0.359 bits per heavy atom. The van der Waals surface area contributed by atoms with Crippen molar-refractivity contribution >= 4 is 99.5 Å². The number of urea groups is 1. The molecule has 3 amide bonds. The van der Waals surface area contributed by atoms with Crippen molar-refractivity contribution in [2.75, 3.05) is 123 Å². The van der Waals surface area contributed by atoms with Crippen LogP contribution in [0.2, 0.25) is 179 Å². The van der Waals surface area contributed by atoms with E-state index >= 15 is 0 Å². The summed E-state index contributed by atoms with van der Waals surface area (Å²) in [6.45, 7) is 67.5. The van der Waals surface area contributed by atoms with Crippen LogP contribution in [0.25, 0.3) is 0 Å². The predicted octanol–water partition coefficient (Wildman–Crippen LogP) is 26.3. The minimum atomic E-state index is -1.34. The van der Waals surface area contributed by atoms with Gasteiger partial charge in [-0.1, -0.05) is 259 Å². The number of amides is 3. The van der Waals surface area contributed by atoms with E-state index in [9.17, 15) is 14.4 Å². The Labute approximate surface area is 877 Å². The lowest BCUT2D eigenvalue weighted by Crippen LogP contribution is -2.44. The molecule has 0 bridgehead atoms. The monoisotopic (exact) mass is 2090 g/mol. The molecule has 0 radical (unpaired) electrons. The number of benzene rings is 2. The normalized spacial score (nSPS) is 24.3. The van der Waals surface area contributed by atoms with E-state index in [2.05, 4.69) is 392 Å². The van der Waals surface area contributed by atoms with Crippen molar-refractivity contribution in [2.45, 2.75) is 318 Å². The standard InChI is InChI=1S/C17H20N2.C16H29N3OSi.3C16H32N2Si2.C13H22N2Si.C10H14N2.C7H6O.C3H6ClNO/c1-19-9-5-8-17(19)16-11-15(12-18-13-16)10-14-6-3-2-4-7-14;1-17(2)16(20)19-11-9-15(21(4,5)6)13(12-19)14-8-7-10-18(14)3;3*1-17-11-8-9-15(17)14-13-18(20(5,6)7)12-10-16(14)19(2,3)4;1-15-9-5-6-12(15)11-10-14-8-7-13(11)16(2,3)4;1-12-7-3-5-10(12)9-4-2-6-11-8-9;8-6-7-4-2-1-3-5-7;1-5(2)3(4)6/h2-4,6-7,11-13,17H,5,8-10H2,1H3;9,11-12,14-15H,7-8,10H2,1-6H3;3*10,12-13,15-16H,8-9,11H2,1-7H3;7-8,10,12H,5-6,9H2,1-4H3;2,4,6,8,10H,3,5,7H2,1H3;1-6H;1-2H3/t17-;14-,15?;3*15-,16?;12-;10-;;/m0000000../s1. The molecule has 11 aliphatic rings. The van der Waals surface area contributed by atoms with E-state index in [0.717, 1.165) is 24.8 Å². The van der Waals surface area contributed by atoms with E-state index in [1.165, 1.54) is 167 Å². The third-order valence-electron chi connectivity index (χ3n) is 30.0. The Balaban J connectivity index is 0.000000199. The molecule has 0 saturated carbocycles. The van der Waals surface area contributed by atoms with Gasteiger partial charge < -0.3 is 23.5 Å². The second-order valence-electron chi connectivity index (χ2n) is 50.5. The summed E-state index contributed by atoms with van der Waals surface area (Å²) in [5.74, 6) is 0. The highest BCUT2D eigenvalue weighted by Gasteiger charge is 2.44. The van der Waals surface area contributed by atoms with Crippen LogP contribution in [0.5, 0.6) is 0 Å². The van der Waals surface area contributed by atoms with Crippen LogP contribution in [-0.2, 0) is 6.42 Å². The summed E-state index contributed by atoms with van der Waals surface area (Å²) in [6.07, 6.45) is 60.6. The van der Waals surface area contributed by atoms with Crippen molar-refractivity contribution in [1.82, 2.24) is 77.6 Å². The van der Waals surface area contributed by atoms with Gasteiger partial charge in [-0.15, -0.1) is 0 Å². The molecule has 0 aliphatic carbocycles. The molecule has 28 heteroatoms. The maximum Gasteiger partial charge on any atom is 0.327 e. The molecule has 19 nitrogen and oxygen atoms in total. The lowest BCUT2D eigenvalue weighted by molar-refractivity contribution is 0.112. The van der Waals surface area contributed by atoms with E-state index in [4.69, 9.17) is 11.6 Å². The number of nitrogens with zero attached hydrogens (tertiary/aromatic N) is 16. The van der Waals surface area contributed by atoms with Gasteiger partial charge in [0.2, 0.25) is 0 Å². The van der Waals surface area contributed by atoms with Crippen molar-refractivity contribution in [3.05, 3.63) is 252 Å². The Kier molecular flexibility index (Phi) is 45.9. The molecule has 4 unspecified atom stereocenters. The minimum Gasteiger partial charge on any atom is -0.381 e. The molecule has 0 spiro atoms. The van der Waals surface area contributed by atoms with E-state index in [1.54, 1.807) is 72.0 Å². The van der Waals surface area contributed by atoms with Crippen LogP contribution < -0.4 is 5.19 Å². The summed E-state index contributed by atoms with van der Waals surface area (Å²) < 4.78 is 7.64. The highest BCUT2D eigenvalue weighted by atomic mass is 35.5. The van der Waals surface area contributed by atoms with Crippen LogP contribution >= 0.6 is 11.6 Å². The number of hydrogen-bond donors (Lipinski definition) is 0. The number of carbonyl (C=O) groups excluding carboxylic acids is 3. The van der Waals surface area contributed by atoms with E-state index in [-0.39, 0.29) is 6.03 Å². The number of rotatable bonds is 18. The summed E-state index contributed by atoms with van der Waals surface area (Å²) in [6, 6.07) is 32.8. The van der Waals surface area contributed by atoms with Gasteiger partial charge in [0.25, 0.3) is 0 Å². The molecule has 7 saturated heterocycles. The summed E-state index contributed by atoms with van der Waals surface area (Å²) in [7, 11) is 12.5. The summed E-state index contributed by atoms with van der Waals surface area (Å²) in [5.41, 5.74) is 16.8. The molecule has 11 atom stereocenters. The Morgan fingerprint density at radius 3 is 0.986 bits per heavy atom. The van der Waals surface area contributed by atoms with Crippen LogP contribution in [0.15, 0.2) is 218 Å². The van der Waals surface area contributed by atoms with Crippen LogP contribution in [0, 0.1) is 0 Å². The van der Waals surface area contributed by atoms with Gasteiger partial charge in [0, 0.05) is 126 Å². The first-order valence-corrected chi connectivity index (χ1v) is 81.9. The number of halogens is 1. The van der Waals surface area contributed by atoms with Gasteiger partial charge in [-0.3, -0.25) is 63.7 Å². The topological polar surface area (TPSA) is 132 Å². The molecule has 7 fully saturated rings. The molecule has 2 aromatic carbocycles. The Hall–Kier alpha value is -6.63. The zero-order valence-corrected chi connectivity index (χ0v) is 104. The molecular weight excluding hydrogens is 1900 g/mol. The van der Waals surface area contributed by atoms with E-state index in [0.29, 0.717) is 64.5 Å². The lowest BCUT2D eigenvalue weighted by atomic mass is 10.00. The van der Waals surface area contributed by atoms with Crippen molar-refractivity contribution in [2.24, 2.45) is 0 Å². The lowest BCUT2D eigenvalue weighted by Gasteiger charge is -2.41. The van der Waals surface area contributed by atoms with Crippen LogP contribution in [-0.4, -0.2) is 308 Å². The van der Waals surface area contributed by atoms with Gasteiger partial charge >= 0.3 is 11.4 Å². The number of aldehydes is 1. The molecule has 142 heavy (non-hydrogen) atoms. The van der Waals surface area contributed by atoms with Crippen LogP contribution in [0.3, 0.4) is 0 Å². The predicted molar refractivity (Wildman–Crippen MR) is 632 cm³/mol. The first-order valence-electron chi connectivity index (χ1n) is 53.4. The number of allylic oxidation sites excluding steroid dienone is 4. The average molecular weight is 2100 g/mol. The Morgan fingerprint density at radius 2 is 0.683 bits per heavy atom. The number of hydrogen-bond acceptors (Lipinski definition) is 16. The van der Waals surface area contributed by atoms with E-state index in [1.807, 2.05) is 61.4 Å². The summed E-state index contributed by atoms with van der Waals surface area (Å²) in [4.78, 5) is 67.1. The molecule has 5 aromatic rings. The molecular formula is C114H193ClN16O3Si8. The number of aromatic nitrogens is 3. The van der Waals surface area contributed by atoms with Gasteiger partial charge in [0.15, 0.2) is 24.7 Å². The maximum absolute atomic E-state index is 12.2. The highest BCUT2D eigenvalue weighted by Crippen LogP contribution is 2.47. The third kappa shape index (κ3) is 36.1. The molecule has 0 N–H and O–H groups in total. The Bertz CT molecular complexity index is 4810. The zero-order valence-electron chi connectivity index (χ0n) is 95.2. The number of carbonyl (C=O) groups is 3. The zero-order chi connectivity index (χ0) is 105. The number of pyridine rings is 3. The van der Waals surface area contributed by atoms with Crippen LogP contribution in [0.4, 0.5) is 9.59 Å². The highest BCUT2D eigenvalue weighted by molar-refractivity contribution is 6.89. The molecule has 3 aromatic heterocycles. The first kappa shape index (κ1) is 121. The average Bonchev–Trinajstić information content (AvgIpc) is 1.49. The smallest absolute Gasteiger partial charge is 0.327 e. The van der Waals surface area contributed by atoms with Gasteiger partial charge in [-0.2, -0.15) is 0 Å². The van der Waals surface area contributed by atoms with Gasteiger partial charge in [0.05, 0.1) is 40.4 Å². The fourth-order valence-electron chi connectivity index (χ4n) is 21.6. The summed E-state index contributed by atoms with van der Waals surface area (Å²) >= 11 is 4.90. The molecule has 14 heterocycles. The van der Waals surface area contributed by atoms with Crippen LogP contribution in [0.1, 0.15) is 146 Å². The van der Waals surface area contributed by atoms with Gasteiger partial charge in [0.1, 0.15) is 6.29 Å². The van der Waals surface area contributed by atoms with Gasteiger partial charge in [-0.05, 0) is 325 Å². The van der Waals surface area contributed by atoms with E-state index < -0.39 is 70.4 Å². The van der Waals surface area contributed by atoms with Gasteiger partial charge in [-0.25, -0.2) is 4.79 Å². The van der Waals surface area contributed by atoms with Crippen molar-refractivity contribution < 1.29 is 14.4 Å². The fraction of sp³-hybridized carbons (Fsp3) is 0.596. The second kappa shape index (κ2) is 54.0. The quantitative estimate of drug-likeness (QED) is 0.0356. The number of likely N-dealkylation sites (N-methyl/N-ethyl adjacent to an activating group) is 4. The molecule has 11 aliphatic heterocycles. The number of likely N-dealkylation sites (tertiary alicyclic amines) is 7. The summed E-state index contributed by atoms with van der Waals surface area (Å²) in [5, 5.41) is 1.15. The second-order valence-corrected chi connectivity index (χ2v) is 91.9. The largest absolute Gasteiger partial charge is 0.381 e. The van der Waals surface area contributed by atoms with Crippen molar-refractivity contribution in [3.63, 3.8) is 0 Å².